The number of aromatic amines is 1. The number of nitrogens with one attached hydrogen (secondary N) is 1. The Kier molecular flexibility index (Phi) is 7.38. The van der Waals surface area contributed by atoms with Crippen LogP contribution in [0.3, 0.4) is 0 Å². The summed E-state index contributed by atoms with van der Waals surface area (Å²) < 4.78 is 1.46. The van der Waals surface area contributed by atoms with Crippen molar-refractivity contribution in [2.75, 3.05) is 26.2 Å². The molecule has 1 aliphatic rings. The zero-order chi connectivity index (χ0) is 24.4. The summed E-state index contributed by atoms with van der Waals surface area (Å²) in [5.41, 5.74) is 0.0879. The number of H-pyrrole nitrogens is 1. The average Bonchev–Trinajstić information content (AvgIpc) is 2.75. The van der Waals surface area contributed by atoms with E-state index >= 15 is 0 Å². The minimum absolute atomic E-state index is 0.0158. The number of carbonyl (C=O) groups excluding carboxylic acids is 1. The highest BCUT2D eigenvalue weighted by atomic mass is 16.2. The lowest BCUT2D eigenvalue weighted by molar-refractivity contribution is 0.0578. The van der Waals surface area contributed by atoms with Gasteiger partial charge in [0.2, 0.25) is 0 Å². The van der Waals surface area contributed by atoms with Gasteiger partial charge < -0.3 is 4.90 Å². The SMILES string of the molecule is CC(C)Cn1c(=O)[nH]c(=O)c2c(C(=O)N3CCN(C(C#N)C(C)C)CC3)cc(C(C)C)nc21. The van der Waals surface area contributed by atoms with Gasteiger partial charge in [0.25, 0.3) is 11.5 Å². The molecule has 1 saturated heterocycles. The third-order valence-corrected chi connectivity index (χ3v) is 6.10. The molecule has 1 unspecified atom stereocenters. The van der Waals surface area contributed by atoms with Crippen LogP contribution in [0.5, 0.6) is 0 Å². The van der Waals surface area contributed by atoms with Gasteiger partial charge in [0.1, 0.15) is 6.04 Å². The topological polar surface area (TPSA) is 115 Å². The maximum absolute atomic E-state index is 13.6. The summed E-state index contributed by atoms with van der Waals surface area (Å²) >= 11 is 0. The molecule has 1 N–H and O–H groups in total. The Morgan fingerprint density at radius 1 is 1.12 bits per heavy atom. The molecular formula is C24H34N6O3. The largest absolute Gasteiger partial charge is 0.336 e. The van der Waals surface area contributed by atoms with E-state index in [1.807, 2.05) is 41.5 Å². The number of carbonyl (C=O) groups is 1. The van der Waals surface area contributed by atoms with Crippen LogP contribution >= 0.6 is 0 Å². The summed E-state index contributed by atoms with van der Waals surface area (Å²) in [6.45, 7) is 14.4. The highest BCUT2D eigenvalue weighted by Crippen LogP contribution is 2.22. The quantitative estimate of drug-likeness (QED) is 0.715. The van der Waals surface area contributed by atoms with E-state index in [1.165, 1.54) is 4.57 Å². The van der Waals surface area contributed by atoms with Gasteiger partial charge in [0, 0.05) is 38.4 Å². The summed E-state index contributed by atoms with van der Waals surface area (Å²) in [7, 11) is 0. The number of hydrogen-bond acceptors (Lipinski definition) is 6. The second-order valence-corrected chi connectivity index (χ2v) is 9.86. The number of amides is 1. The average molecular weight is 455 g/mol. The summed E-state index contributed by atoms with van der Waals surface area (Å²) in [6.07, 6.45) is 0. The number of pyridine rings is 1. The van der Waals surface area contributed by atoms with Gasteiger partial charge in [-0.3, -0.25) is 24.0 Å². The van der Waals surface area contributed by atoms with Crippen molar-refractivity contribution in [3.05, 3.63) is 38.2 Å². The number of rotatable bonds is 6. The van der Waals surface area contributed by atoms with E-state index in [2.05, 4.69) is 20.9 Å². The zero-order valence-corrected chi connectivity index (χ0v) is 20.4. The molecule has 0 bridgehead atoms. The molecule has 0 spiro atoms. The number of nitriles is 1. The molecule has 0 aliphatic carbocycles. The lowest BCUT2D eigenvalue weighted by Gasteiger charge is -2.38. The molecule has 2 aromatic heterocycles. The van der Waals surface area contributed by atoms with Gasteiger partial charge in [-0.15, -0.1) is 0 Å². The van der Waals surface area contributed by atoms with Gasteiger partial charge >= 0.3 is 5.69 Å². The third-order valence-electron chi connectivity index (χ3n) is 6.10. The molecule has 0 saturated carbocycles. The van der Waals surface area contributed by atoms with Gasteiger partial charge in [-0.1, -0.05) is 41.5 Å². The molecule has 1 atom stereocenters. The van der Waals surface area contributed by atoms with Crippen LogP contribution in [0.1, 0.15) is 63.5 Å². The number of piperazine rings is 1. The molecule has 0 aromatic carbocycles. The van der Waals surface area contributed by atoms with Crippen molar-refractivity contribution >= 4 is 16.9 Å². The Balaban J connectivity index is 2.06. The van der Waals surface area contributed by atoms with Crippen LogP contribution in [0, 0.1) is 23.2 Å². The summed E-state index contributed by atoms with van der Waals surface area (Å²) in [6, 6.07) is 3.86. The van der Waals surface area contributed by atoms with Crippen LogP contribution < -0.4 is 11.2 Å². The van der Waals surface area contributed by atoms with Crippen molar-refractivity contribution in [3.8, 4) is 6.07 Å². The Morgan fingerprint density at radius 3 is 2.27 bits per heavy atom. The first kappa shape index (κ1) is 24.6. The minimum atomic E-state index is -0.593. The van der Waals surface area contributed by atoms with Crippen LogP contribution in [0.4, 0.5) is 0 Å². The molecule has 0 radical (unpaired) electrons. The van der Waals surface area contributed by atoms with Crippen molar-refractivity contribution < 1.29 is 4.79 Å². The minimum Gasteiger partial charge on any atom is -0.336 e. The van der Waals surface area contributed by atoms with Gasteiger partial charge in [0.15, 0.2) is 5.65 Å². The Labute approximate surface area is 194 Å². The summed E-state index contributed by atoms with van der Waals surface area (Å²) in [5, 5.41) is 9.66. The van der Waals surface area contributed by atoms with Gasteiger partial charge in [-0.2, -0.15) is 5.26 Å². The standard InChI is InChI=1S/C24H34N6O3/c1-14(2)13-30-21-20(22(31)27-24(30)33)17(11-18(26-21)15(3)4)23(32)29-9-7-28(8-10-29)19(12-25)16(5)6/h11,14-16,19H,7-10,13H2,1-6H3,(H,27,31,33). The van der Waals surface area contributed by atoms with E-state index < -0.39 is 11.2 Å². The molecule has 2 aromatic rings. The van der Waals surface area contributed by atoms with Crippen molar-refractivity contribution in [1.82, 2.24) is 24.3 Å². The zero-order valence-electron chi connectivity index (χ0n) is 20.4. The highest BCUT2D eigenvalue weighted by Gasteiger charge is 2.30. The summed E-state index contributed by atoms with van der Waals surface area (Å²) in [5.74, 6) is 0.123. The second-order valence-electron chi connectivity index (χ2n) is 9.86. The fourth-order valence-corrected chi connectivity index (χ4v) is 4.32. The molecule has 3 rings (SSSR count). The van der Waals surface area contributed by atoms with Crippen LogP contribution in [-0.4, -0.2) is 62.5 Å². The van der Waals surface area contributed by atoms with Crippen LogP contribution in [0.2, 0.25) is 0 Å². The van der Waals surface area contributed by atoms with E-state index in [9.17, 15) is 19.6 Å². The first-order valence-electron chi connectivity index (χ1n) is 11.7. The number of aromatic nitrogens is 3. The maximum Gasteiger partial charge on any atom is 0.330 e. The Morgan fingerprint density at radius 2 is 1.76 bits per heavy atom. The van der Waals surface area contributed by atoms with Crippen molar-refractivity contribution in [2.45, 2.75) is 60.0 Å². The van der Waals surface area contributed by atoms with Crippen LogP contribution in [0.25, 0.3) is 11.0 Å². The van der Waals surface area contributed by atoms with E-state index in [4.69, 9.17) is 0 Å². The molecular weight excluding hydrogens is 420 g/mol. The van der Waals surface area contributed by atoms with Gasteiger partial charge in [0.05, 0.1) is 17.0 Å². The van der Waals surface area contributed by atoms with E-state index in [0.717, 1.165) is 0 Å². The predicted molar refractivity (Wildman–Crippen MR) is 127 cm³/mol. The lowest BCUT2D eigenvalue weighted by atomic mass is 10.0. The summed E-state index contributed by atoms with van der Waals surface area (Å²) in [4.78, 5) is 49.9. The first-order chi connectivity index (χ1) is 15.5. The molecule has 1 aliphatic heterocycles. The second kappa shape index (κ2) is 9.87. The number of nitrogens with zero attached hydrogens (tertiary/aromatic N) is 5. The monoisotopic (exact) mass is 454 g/mol. The van der Waals surface area contributed by atoms with Crippen molar-refractivity contribution in [1.29, 1.82) is 5.26 Å². The van der Waals surface area contributed by atoms with Crippen molar-refractivity contribution in [2.24, 2.45) is 11.8 Å². The van der Waals surface area contributed by atoms with E-state index in [0.29, 0.717) is 38.4 Å². The number of fused-ring (bicyclic) bond motifs is 1. The van der Waals surface area contributed by atoms with Gasteiger partial charge in [-0.05, 0) is 23.8 Å². The van der Waals surface area contributed by atoms with Crippen LogP contribution in [0.15, 0.2) is 15.7 Å². The Bertz CT molecular complexity index is 1180. The first-order valence-corrected chi connectivity index (χ1v) is 11.7. The van der Waals surface area contributed by atoms with E-state index in [-0.39, 0.29) is 46.3 Å². The molecule has 3 heterocycles. The molecule has 9 heteroatoms. The van der Waals surface area contributed by atoms with E-state index in [1.54, 1.807) is 11.0 Å². The fraction of sp³-hybridized carbons (Fsp3) is 0.625. The molecule has 9 nitrogen and oxygen atoms in total. The number of hydrogen-bond donors (Lipinski definition) is 1. The predicted octanol–water partition coefficient (Wildman–Crippen LogP) is 2.17. The maximum atomic E-state index is 13.6. The Hall–Kier alpha value is -2.99. The van der Waals surface area contributed by atoms with Crippen LogP contribution in [-0.2, 0) is 6.54 Å². The van der Waals surface area contributed by atoms with Crippen molar-refractivity contribution in [3.63, 3.8) is 0 Å². The fourth-order valence-electron chi connectivity index (χ4n) is 4.32. The van der Waals surface area contributed by atoms with Gasteiger partial charge in [-0.25, -0.2) is 9.78 Å². The smallest absolute Gasteiger partial charge is 0.330 e. The lowest BCUT2D eigenvalue weighted by Crippen LogP contribution is -2.53. The molecule has 1 fully saturated rings. The molecule has 33 heavy (non-hydrogen) atoms. The highest BCUT2D eigenvalue weighted by molar-refractivity contribution is 6.05. The third kappa shape index (κ3) is 5.01. The molecule has 1 amide bonds. The molecule has 178 valence electrons. The normalized spacial score (nSPS) is 16.1.